The van der Waals surface area contributed by atoms with Crippen molar-refractivity contribution in [3.8, 4) is 11.8 Å². The van der Waals surface area contributed by atoms with E-state index < -0.39 is 0 Å². The third-order valence-corrected chi connectivity index (χ3v) is 2.23. The van der Waals surface area contributed by atoms with Crippen LogP contribution in [0.1, 0.15) is 11.1 Å². The minimum absolute atomic E-state index is 0.568. The van der Waals surface area contributed by atoms with Gasteiger partial charge in [0.05, 0.1) is 16.0 Å². The molecular formula is C10H9BrClN. The van der Waals surface area contributed by atoms with E-state index in [1.54, 1.807) is 6.07 Å². The second kappa shape index (κ2) is 4.55. The minimum atomic E-state index is 0.568. The van der Waals surface area contributed by atoms with Crippen molar-refractivity contribution in [1.29, 1.82) is 0 Å². The lowest BCUT2D eigenvalue weighted by Gasteiger charge is -2.02. The van der Waals surface area contributed by atoms with Gasteiger partial charge in [0.2, 0.25) is 0 Å². The summed E-state index contributed by atoms with van der Waals surface area (Å²) in [6.45, 7) is 1.92. The summed E-state index contributed by atoms with van der Waals surface area (Å²) in [6.07, 6.45) is 0. The topological polar surface area (TPSA) is 26.0 Å². The Bertz CT molecular complexity index is 353. The molecular weight excluding hydrogens is 249 g/mol. The van der Waals surface area contributed by atoms with E-state index in [9.17, 15) is 0 Å². The highest BCUT2D eigenvalue weighted by atomic mass is 79.9. The van der Waals surface area contributed by atoms with Crippen LogP contribution >= 0.6 is 27.5 Å². The normalized spacial score (nSPS) is 9.15. The van der Waals surface area contributed by atoms with Crippen LogP contribution in [0.2, 0.25) is 5.02 Å². The molecule has 0 saturated carbocycles. The molecule has 2 N–H and O–H groups in total. The number of nitrogens with two attached hydrogens (primary N) is 1. The number of alkyl halides is 1. The number of hydrogen-bond acceptors (Lipinski definition) is 1. The summed E-state index contributed by atoms with van der Waals surface area (Å²) in [4.78, 5) is 0. The lowest BCUT2D eigenvalue weighted by Crippen LogP contribution is -1.91. The number of benzene rings is 1. The molecule has 1 aromatic carbocycles. The zero-order valence-corrected chi connectivity index (χ0v) is 9.54. The first-order valence-electron chi connectivity index (χ1n) is 3.75. The molecule has 0 spiro atoms. The molecule has 0 saturated heterocycles. The van der Waals surface area contributed by atoms with Crippen LogP contribution in [0.5, 0.6) is 0 Å². The molecule has 3 heteroatoms. The van der Waals surface area contributed by atoms with E-state index >= 15 is 0 Å². The van der Waals surface area contributed by atoms with E-state index in [4.69, 9.17) is 17.3 Å². The number of anilines is 1. The number of aryl methyl sites for hydroxylation is 1. The summed E-state index contributed by atoms with van der Waals surface area (Å²) < 4.78 is 0. The Morgan fingerprint density at radius 3 is 2.77 bits per heavy atom. The van der Waals surface area contributed by atoms with Gasteiger partial charge in [0, 0.05) is 5.56 Å². The third kappa shape index (κ3) is 2.65. The van der Waals surface area contributed by atoms with Crippen molar-refractivity contribution in [3.05, 3.63) is 28.3 Å². The molecule has 13 heavy (non-hydrogen) atoms. The molecule has 0 fully saturated rings. The molecule has 1 nitrogen and oxygen atoms in total. The SMILES string of the molecule is Cc1cc(C#CCBr)cc(Cl)c1N. The summed E-state index contributed by atoms with van der Waals surface area (Å²) >= 11 is 9.12. The van der Waals surface area contributed by atoms with E-state index in [-0.39, 0.29) is 0 Å². The van der Waals surface area contributed by atoms with Crippen molar-refractivity contribution >= 4 is 33.2 Å². The van der Waals surface area contributed by atoms with Crippen LogP contribution in [-0.2, 0) is 0 Å². The van der Waals surface area contributed by atoms with Crippen molar-refractivity contribution in [2.45, 2.75) is 6.92 Å². The van der Waals surface area contributed by atoms with Gasteiger partial charge < -0.3 is 5.73 Å². The van der Waals surface area contributed by atoms with E-state index in [0.29, 0.717) is 16.0 Å². The van der Waals surface area contributed by atoms with Crippen molar-refractivity contribution in [2.75, 3.05) is 11.1 Å². The second-order valence-corrected chi connectivity index (χ2v) is 3.59. The zero-order chi connectivity index (χ0) is 9.84. The van der Waals surface area contributed by atoms with Crippen molar-refractivity contribution in [3.63, 3.8) is 0 Å². The number of halogens is 2. The lowest BCUT2D eigenvalue weighted by atomic mass is 10.1. The zero-order valence-electron chi connectivity index (χ0n) is 7.20. The summed E-state index contributed by atoms with van der Waals surface area (Å²) in [7, 11) is 0. The Morgan fingerprint density at radius 1 is 1.54 bits per heavy atom. The predicted octanol–water partition coefficient (Wildman–Crippen LogP) is 2.98. The van der Waals surface area contributed by atoms with E-state index in [1.807, 2.05) is 13.0 Å². The van der Waals surface area contributed by atoms with Crippen molar-refractivity contribution < 1.29 is 0 Å². The van der Waals surface area contributed by atoms with Gasteiger partial charge in [-0.05, 0) is 24.6 Å². The second-order valence-electron chi connectivity index (χ2n) is 2.62. The summed E-state index contributed by atoms with van der Waals surface area (Å²) in [5.74, 6) is 5.87. The van der Waals surface area contributed by atoms with Gasteiger partial charge in [0.1, 0.15) is 0 Å². The van der Waals surface area contributed by atoms with Crippen molar-refractivity contribution in [1.82, 2.24) is 0 Å². The maximum Gasteiger partial charge on any atom is 0.0650 e. The van der Waals surface area contributed by atoms with Gasteiger partial charge >= 0.3 is 0 Å². The van der Waals surface area contributed by atoms with Gasteiger partial charge in [-0.1, -0.05) is 39.4 Å². The van der Waals surface area contributed by atoms with Crippen LogP contribution in [0, 0.1) is 18.8 Å². The van der Waals surface area contributed by atoms with E-state index in [2.05, 4.69) is 27.8 Å². The Hall–Kier alpha value is -0.650. The van der Waals surface area contributed by atoms with Crippen LogP contribution < -0.4 is 5.73 Å². The quantitative estimate of drug-likeness (QED) is 0.432. The van der Waals surface area contributed by atoms with Gasteiger partial charge in [0.15, 0.2) is 0 Å². The van der Waals surface area contributed by atoms with E-state index in [0.717, 1.165) is 11.1 Å². The molecule has 0 bridgehead atoms. The predicted molar refractivity (Wildman–Crippen MR) is 61.3 cm³/mol. The number of nitrogen functional groups attached to an aromatic ring is 1. The largest absolute Gasteiger partial charge is 0.397 e. The number of rotatable bonds is 0. The van der Waals surface area contributed by atoms with Crippen LogP contribution in [0.3, 0.4) is 0 Å². The first kappa shape index (κ1) is 10.4. The van der Waals surface area contributed by atoms with E-state index in [1.165, 1.54) is 0 Å². The first-order chi connectivity index (χ1) is 6.15. The Balaban J connectivity index is 3.13. The molecule has 1 aromatic rings. The van der Waals surface area contributed by atoms with Crippen LogP contribution in [-0.4, -0.2) is 5.33 Å². The van der Waals surface area contributed by atoms with Crippen LogP contribution in [0.4, 0.5) is 5.69 Å². The average Bonchev–Trinajstić information content (AvgIpc) is 2.10. The molecule has 0 aliphatic heterocycles. The monoisotopic (exact) mass is 257 g/mol. The average molecular weight is 259 g/mol. The van der Waals surface area contributed by atoms with Crippen molar-refractivity contribution in [2.24, 2.45) is 0 Å². The van der Waals surface area contributed by atoms with Gasteiger partial charge in [-0.3, -0.25) is 0 Å². The number of hydrogen-bond donors (Lipinski definition) is 1. The van der Waals surface area contributed by atoms with Gasteiger partial charge in [-0.15, -0.1) is 0 Å². The maximum atomic E-state index is 5.89. The fraction of sp³-hybridized carbons (Fsp3) is 0.200. The molecule has 0 aromatic heterocycles. The highest BCUT2D eigenvalue weighted by Crippen LogP contribution is 2.23. The molecule has 0 aliphatic rings. The lowest BCUT2D eigenvalue weighted by molar-refractivity contribution is 1.45. The smallest absolute Gasteiger partial charge is 0.0650 e. The Kier molecular flexibility index (Phi) is 3.65. The maximum absolute atomic E-state index is 5.89. The fourth-order valence-electron chi connectivity index (χ4n) is 0.963. The molecule has 0 radical (unpaired) electrons. The Labute approximate surface area is 91.4 Å². The summed E-state index contributed by atoms with van der Waals surface area (Å²) in [5, 5.41) is 1.23. The fourth-order valence-corrected chi connectivity index (χ4v) is 1.37. The molecule has 0 aliphatic carbocycles. The third-order valence-electron chi connectivity index (χ3n) is 1.64. The molecule has 0 heterocycles. The van der Waals surface area contributed by atoms with Crippen LogP contribution in [0.15, 0.2) is 12.1 Å². The first-order valence-corrected chi connectivity index (χ1v) is 5.25. The molecule has 1 rings (SSSR count). The summed E-state index contributed by atoms with van der Waals surface area (Å²) in [5.41, 5.74) is 8.18. The minimum Gasteiger partial charge on any atom is -0.397 e. The van der Waals surface area contributed by atoms with Crippen LogP contribution in [0.25, 0.3) is 0 Å². The molecule has 0 amide bonds. The molecule has 68 valence electrons. The summed E-state index contributed by atoms with van der Waals surface area (Å²) in [6, 6.07) is 3.70. The Morgan fingerprint density at radius 2 is 2.23 bits per heavy atom. The highest BCUT2D eigenvalue weighted by Gasteiger charge is 2.00. The highest BCUT2D eigenvalue weighted by molar-refractivity contribution is 9.09. The molecule has 0 unspecified atom stereocenters. The van der Waals surface area contributed by atoms with Gasteiger partial charge in [-0.25, -0.2) is 0 Å². The molecule has 0 atom stereocenters. The van der Waals surface area contributed by atoms with Gasteiger partial charge in [-0.2, -0.15) is 0 Å². The standard InChI is InChI=1S/C10H9BrClN/c1-7-5-8(3-2-4-11)6-9(12)10(7)13/h5-6H,4,13H2,1H3. The van der Waals surface area contributed by atoms with Gasteiger partial charge in [0.25, 0.3) is 0 Å².